The van der Waals surface area contributed by atoms with Crippen LogP contribution in [0.5, 0.6) is 0 Å². The fourth-order valence-corrected chi connectivity index (χ4v) is 5.22. The zero-order valence-electron chi connectivity index (χ0n) is 15.0. The highest BCUT2D eigenvalue weighted by Crippen LogP contribution is 2.28. The van der Waals surface area contributed by atoms with E-state index in [0.717, 1.165) is 9.88 Å². The van der Waals surface area contributed by atoms with E-state index in [4.69, 9.17) is 0 Å². The van der Waals surface area contributed by atoms with Crippen LogP contribution in [-0.4, -0.2) is 36.7 Å². The van der Waals surface area contributed by atoms with Crippen LogP contribution in [0.25, 0.3) is 9.88 Å². The van der Waals surface area contributed by atoms with E-state index in [1.54, 1.807) is 35.9 Å². The SMILES string of the molecule is CC(C)N(C)S(=O)(=O)c1ccc(NC(=O)c2csc(-c3cccs3)n2)cc1. The molecule has 0 spiro atoms. The second-order valence-electron chi connectivity index (χ2n) is 6.11. The van der Waals surface area contributed by atoms with Crippen molar-refractivity contribution < 1.29 is 13.2 Å². The molecule has 0 bridgehead atoms. The Kier molecular flexibility index (Phi) is 5.75. The molecule has 0 aliphatic carbocycles. The minimum atomic E-state index is -3.55. The van der Waals surface area contributed by atoms with Gasteiger partial charge in [0.2, 0.25) is 10.0 Å². The quantitative estimate of drug-likeness (QED) is 0.648. The average Bonchev–Trinajstić information content (AvgIpc) is 3.32. The summed E-state index contributed by atoms with van der Waals surface area (Å²) in [5.41, 5.74) is 0.844. The predicted molar refractivity (Wildman–Crippen MR) is 110 cm³/mol. The van der Waals surface area contributed by atoms with Gasteiger partial charge in [0.15, 0.2) is 0 Å². The molecule has 1 N–H and O–H groups in total. The molecular formula is C18H19N3O3S3. The lowest BCUT2D eigenvalue weighted by Gasteiger charge is -2.21. The van der Waals surface area contributed by atoms with Gasteiger partial charge in [-0.2, -0.15) is 4.31 Å². The maximum Gasteiger partial charge on any atom is 0.275 e. The van der Waals surface area contributed by atoms with Gasteiger partial charge in [-0.15, -0.1) is 22.7 Å². The smallest absolute Gasteiger partial charge is 0.275 e. The number of thiophene rings is 1. The molecule has 0 saturated heterocycles. The summed E-state index contributed by atoms with van der Waals surface area (Å²) in [5, 5.41) is 7.22. The van der Waals surface area contributed by atoms with Crippen LogP contribution in [0.2, 0.25) is 0 Å². The maximum atomic E-state index is 12.5. The number of carbonyl (C=O) groups excluding carboxylic acids is 1. The van der Waals surface area contributed by atoms with E-state index in [9.17, 15) is 13.2 Å². The third-order valence-corrected chi connectivity index (χ3v) is 7.91. The van der Waals surface area contributed by atoms with Gasteiger partial charge in [0.25, 0.3) is 5.91 Å². The predicted octanol–water partition coefficient (Wildman–Crippen LogP) is 4.15. The number of anilines is 1. The minimum Gasteiger partial charge on any atom is -0.321 e. The third kappa shape index (κ3) is 4.27. The second kappa shape index (κ2) is 7.89. The number of thiazole rings is 1. The number of benzene rings is 1. The van der Waals surface area contributed by atoms with Crippen molar-refractivity contribution >= 4 is 44.3 Å². The van der Waals surface area contributed by atoms with Crippen LogP contribution in [0.15, 0.2) is 52.1 Å². The summed E-state index contributed by atoms with van der Waals surface area (Å²) in [4.78, 5) is 18.0. The van der Waals surface area contributed by atoms with E-state index in [1.807, 2.05) is 31.4 Å². The number of hydrogen-bond acceptors (Lipinski definition) is 6. The molecule has 0 unspecified atom stereocenters. The molecule has 1 amide bonds. The van der Waals surface area contributed by atoms with Crippen LogP contribution < -0.4 is 5.32 Å². The molecule has 3 aromatic rings. The molecular weight excluding hydrogens is 402 g/mol. The number of amides is 1. The summed E-state index contributed by atoms with van der Waals surface area (Å²) in [6.07, 6.45) is 0. The summed E-state index contributed by atoms with van der Waals surface area (Å²) in [5.74, 6) is -0.330. The van der Waals surface area contributed by atoms with Crippen molar-refractivity contribution in [2.45, 2.75) is 24.8 Å². The molecule has 0 aliphatic heterocycles. The molecule has 9 heteroatoms. The van der Waals surface area contributed by atoms with Crippen LogP contribution >= 0.6 is 22.7 Å². The maximum absolute atomic E-state index is 12.5. The van der Waals surface area contributed by atoms with E-state index in [0.29, 0.717) is 11.4 Å². The summed E-state index contributed by atoms with van der Waals surface area (Å²) in [6.45, 7) is 3.62. The Morgan fingerprint density at radius 1 is 1.15 bits per heavy atom. The molecule has 142 valence electrons. The lowest BCUT2D eigenvalue weighted by atomic mass is 10.3. The summed E-state index contributed by atoms with van der Waals surface area (Å²) in [6, 6.07) is 9.88. The summed E-state index contributed by atoms with van der Waals surface area (Å²) < 4.78 is 26.3. The molecule has 0 fully saturated rings. The lowest BCUT2D eigenvalue weighted by molar-refractivity contribution is 0.102. The van der Waals surface area contributed by atoms with Crippen molar-refractivity contribution in [2.24, 2.45) is 0 Å². The first-order valence-electron chi connectivity index (χ1n) is 8.18. The van der Waals surface area contributed by atoms with Crippen molar-refractivity contribution in [3.63, 3.8) is 0 Å². The zero-order valence-corrected chi connectivity index (χ0v) is 17.5. The molecule has 0 radical (unpaired) electrons. The van der Waals surface area contributed by atoms with Gasteiger partial charge < -0.3 is 5.32 Å². The largest absolute Gasteiger partial charge is 0.321 e. The number of rotatable bonds is 6. The van der Waals surface area contributed by atoms with E-state index in [2.05, 4.69) is 10.3 Å². The molecule has 0 saturated carbocycles. The summed E-state index contributed by atoms with van der Waals surface area (Å²) in [7, 11) is -2.00. The first kappa shape index (κ1) is 19.7. The Hall–Kier alpha value is -2.07. The molecule has 27 heavy (non-hydrogen) atoms. The van der Waals surface area contributed by atoms with Crippen LogP contribution in [-0.2, 0) is 10.0 Å². The Morgan fingerprint density at radius 2 is 1.85 bits per heavy atom. The van der Waals surface area contributed by atoms with Gasteiger partial charge in [-0.3, -0.25) is 4.79 Å². The number of aromatic nitrogens is 1. The van der Waals surface area contributed by atoms with Crippen molar-refractivity contribution in [2.75, 3.05) is 12.4 Å². The van der Waals surface area contributed by atoms with Gasteiger partial charge in [0.05, 0.1) is 9.77 Å². The highest BCUT2D eigenvalue weighted by Gasteiger charge is 2.23. The standard InChI is InChI=1S/C18H19N3O3S3/c1-12(2)21(3)27(23,24)14-8-6-13(7-9-14)19-17(22)15-11-26-18(20-15)16-5-4-10-25-16/h4-12H,1-3H3,(H,19,22). The van der Waals surface area contributed by atoms with E-state index < -0.39 is 10.0 Å². The first-order valence-corrected chi connectivity index (χ1v) is 11.4. The topological polar surface area (TPSA) is 79.4 Å². The van der Waals surface area contributed by atoms with E-state index >= 15 is 0 Å². The third-order valence-electron chi connectivity index (χ3n) is 3.99. The van der Waals surface area contributed by atoms with Crippen LogP contribution in [0.3, 0.4) is 0 Å². The Morgan fingerprint density at radius 3 is 2.44 bits per heavy atom. The van der Waals surface area contributed by atoms with Gasteiger partial charge >= 0.3 is 0 Å². The number of sulfonamides is 1. The zero-order chi connectivity index (χ0) is 19.6. The fraction of sp³-hybridized carbons (Fsp3) is 0.222. The molecule has 0 atom stereocenters. The van der Waals surface area contributed by atoms with Crippen LogP contribution in [0.4, 0.5) is 5.69 Å². The second-order valence-corrected chi connectivity index (χ2v) is 9.91. The van der Waals surface area contributed by atoms with Gasteiger partial charge in [0.1, 0.15) is 10.7 Å². The Labute approximate surface area is 166 Å². The van der Waals surface area contributed by atoms with Crippen molar-refractivity contribution in [3.8, 4) is 9.88 Å². The van der Waals surface area contributed by atoms with Crippen LogP contribution in [0, 0.1) is 0 Å². The summed E-state index contributed by atoms with van der Waals surface area (Å²) >= 11 is 2.98. The highest BCUT2D eigenvalue weighted by atomic mass is 32.2. The molecule has 2 heterocycles. The normalized spacial score (nSPS) is 11.9. The monoisotopic (exact) mass is 421 g/mol. The molecule has 2 aromatic heterocycles. The van der Waals surface area contributed by atoms with Crippen molar-refractivity contribution in [1.29, 1.82) is 0 Å². The Balaban J connectivity index is 1.72. The van der Waals surface area contributed by atoms with E-state index in [-0.39, 0.29) is 16.8 Å². The van der Waals surface area contributed by atoms with Gasteiger partial charge in [0, 0.05) is 24.2 Å². The first-order chi connectivity index (χ1) is 12.8. The van der Waals surface area contributed by atoms with Crippen molar-refractivity contribution in [1.82, 2.24) is 9.29 Å². The molecule has 3 rings (SSSR count). The highest BCUT2D eigenvalue weighted by molar-refractivity contribution is 7.89. The van der Waals surface area contributed by atoms with E-state index in [1.165, 1.54) is 27.8 Å². The number of carbonyl (C=O) groups is 1. The molecule has 6 nitrogen and oxygen atoms in total. The average molecular weight is 422 g/mol. The van der Waals surface area contributed by atoms with Crippen LogP contribution in [0.1, 0.15) is 24.3 Å². The Bertz CT molecular complexity index is 1020. The van der Waals surface area contributed by atoms with Gasteiger partial charge in [-0.05, 0) is 49.6 Å². The lowest BCUT2D eigenvalue weighted by Crippen LogP contribution is -2.33. The molecule has 1 aromatic carbocycles. The van der Waals surface area contributed by atoms with Gasteiger partial charge in [-0.1, -0.05) is 6.07 Å². The van der Waals surface area contributed by atoms with Gasteiger partial charge in [-0.25, -0.2) is 13.4 Å². The number of nitrogens with one attached hydrogen (secondary N) is 1. The fourth-order valence-electron chi connectivity index (χ4n) is 2.24. The number of nitrogens with zero attached hydrogens (tertiary/aromatic N) is 2. The number of hydrogen-bond donors (Lipinski definition) is 1. The minimum absolute atomic E-state index is 0.142. The van der Waals surface area contributed by atoms with Crippen molar-refractivity contribution in [3.05, 3.63) is 52.9 Å². The molecule has 0 aliphatic rings.